The fraction of sp³-hybridized carbons (Fsp3) is 0.600. The lowest BCUT2D eigenvalue weighted by Crippen LogP contribution is -2.44. The number of β-lactam (4-membered cyclic amide) rings is 1. The highest BCUT2D eigenvalue weighted by atomic mass is 35.5. The van der Waals surface area contributed by atoms with E-state index in [2.05, 4.69) is 37.2 Å². The van der Waals surface area contributed by atoms with Crippen LogP contribution in [0.5, 0.6) is 0 Å². The van der Waals surface area contributed by atoms with Gasteiger partial charge >= 0.3 is 0 Å². The molecule has 2 aromatic rings. The van der Waals surface area contributed by atoms with E-state index in [1.807, 2.05) is 18.0 Å². The predicted molar refractivity (Wildman–Crippen MR) is 117 cm³/mol. The quantitative estimate of drug-likeness (QED) is 0.489. The van der Waals surface area contributed by atoms with Gasteiger partial charge in [-0.15, -0.1) is 0 Å². The Kier molecular flexibility index (Phi) is 6.38. The summed E-state index contributed by atoms with van der Waals surface area (Å²) in [4.78, 5) is 24.4. The van der Waals surface area contributed by atoms with Crippen LogP contribution in [0.2, 0.25) is 5.02 Å². The second kappa shape index (κ2) is 9.18. The summed E-state index contributed by atoms with van der Waals surface area (Å²) in [5, 5.41) is 11.7. The number of hydrogen-bond acceptors (Lipinski definition) is 7. The highest BCUT2D eigenvalue weighted by molar-refractivity contribution is 6.32. The number of piperidine rings is 1. The van der Waals surface area contributed by atoms with E-state index < -0.39 is 0 Å². The van der Waals surface area contributed by atoms with Crippen molar-refractivity contribution in [1.29, 1.82) is 0 Å². The van der Waals surface area contributed by atoms with Crippen molar-refractivity contribution in [3.8, 4) is 0 Å². The van der Waals surface area contributed by atoms with Crippen molar-refractivity contribution in [3.05, 3.63) is 23.1 Å². The minimum absolute atomic E-state index is 0.234. The van der Waals surface area contributed by atoms with E-state index in [4.69, 9.17) is 16.7 Å². The number of aryl methyl sites for hydroxylation is 1. The Labute approximate surface area is 181 Å². The van der Waals surface area contributed by atoms with Crippen LogP contribution in [0.3, 0.4) is 0 Å². The summed E-state index contributed by atoms with van der Waals surface area (Å²) in [6.07, 6.45) is 7.36. The topological polar surface area (TPSA) is 91.2 Å². The molecule has 2 aliphatic rings. The van der Waals surface area contributed by atoms with Gasteiger partial charge in [0.1, 0.15) is 10.8 Å². The van der Waals surface area contributed by atoms with E-state index >= 15 is 0 Å². The Hall–Kier alpha value is -2.39. The summed E-state index contributed by atoms with van der Waals surface area (Å²) in [5.41, 5.74) is 1.82. The lowest BCUT2D eigenvalue weighted by molar-refractivity contribution is -0.139. The van der Waals surface area contributed by atoms with Crippen molar-refractivity contribution in [3.63, 3.8) is 0 Å². The minimum atomic E-state index is 0.234. The maximum Gasteiger partial charge on any atom is 0.229 e. The molecule has 10 heteroatoms. The van der Waals surface area contributed by atoms with Crippen molar-refractivity contribution >= 4 is 35.0 Å². The van der Waals surface area contributed by atoms with Gasteiger partial charge in [0, 0.05) is 32.3 Å². The third-order valence-electron chi connectivity index (χ3n) is 5.81. The standard InChI is InChI=1S/C20H29ClN8O/c1-14-17(13-29(26-14)15-4-9-27(2)10-5-15)24-20-23-12-16(21)19(25-20)22-7-3-8-28-11-6-18(28)30/h12-13,15H,3-11H2,1-2H3,(H2,22,23,24,25). The van der Waals surface area contributed by atoms with Gasteiger partial charge in [0.15, 0.2) is 0 Å². The van der Waals surface area contributed by atoms with Crippen LogP contribution in [0.25, 0.3) is 0 Å². The molecule has 0 saturated carbocycles. The molecule has 0 atom stereocenters. The monoisotopic (exact) mass is 432 g/mol. The van der Waals surface area contributed by atoms with Crippen LogP contribution in [-0.2, 0) is 4.79 Å². The van der Waals surface area contributed by atoms with Gasteiger partial charge in [0.05, 0.1) is 23.6 Å². The van der Waals surface area contributed by atoms with Crippen LogP contribution in [0, 0.1) is 6.92 Å². The fourth-order valence-electron chi connectivity index (χ4n) is 3.80. The summed E-state index contributed by atoms with van der Waals surface area (Å²) >= 11 is 6.25. The highest BCUT2D eigenvalue weighted by Gasteiger charge is 2.22. The number of anilines is 3. The van der Waals surface area contributed by atoms with Crippen molar-refractivity contribution in [2.45, 2.75) is 38.6 Å². The van der Waals surface area contributed by atoms with Gasteiger partial charge in [0.25, 0.3) is 0 Å². The molecule has 2 N–H and O–H groups in total. The number of rotatable bonds is 8. The average molecular weight is 433 g/mol. The van der Waals surface area contributed by atoms with Crippen molar-refractivity contribution in [1.82, 2.24) is 29.5 Å². The van der Waals surface area contributed by atoms with Gasteiger partial charge in [0.2, 0.25) is 11.9 Å². The van der Waals surface area contributed by atoms with Gasteiger partial charge in [-0.2, -0.15) is 10.1 Å². The molecular weight excluding hydrogens is 404 g/mol. The number of likely N-dealkylation sites (tertiary alicyclic amines) is 2. The van der Waals surface area contributed by atoms with Crippen molar-refractivity contribution < 1.29 is 4.79 Å². The number of carbonyl (C=O) groups excluding carboxylic acids is 1. The number of hydrogen-bond donors (Lipinski definition) is 2. The maximum atomic E-state index is 11.4. The first kappa shape index (κ1) is 20.9. The van der Waals surface area contributed by atoms with Crippen molar-refractivity contribution in [2.24, 2.45) is 0 Å². The normalized spacial score (nSPS) is 17.8. The number of nitrogens with one attached hydrogen (secondary N) is 2. The first-order valence-electron chi connectivity index (χ1n) is 10.5. The van der Waals surface area contributed by atoms with E-state index in [0.29, 0.717) is 35.8 Å². The fourth-order valence-corrected chi connectivity index (χ4v) is 3.95. The number of amides is 1. The van der Waals surface area contributed by atoms with Gasteiger partial charge in [-0.25, -0.2) is 4.98 Å². The molecule has 2 fully saturated rings. The van der Waals surface area contributed by atoms with Crippen LogP contribution in [0.4, 0.5) is 17.5 Å². The Morgan fingerprint density at radius 3 is 2.77 bits per heavy atom. The van der Waals surface area contributed by atoms with Crippen molar-refractivity contribution in [2.75, 3.05) is 50.4 Å². The van der Waals surface area contributed by atoms with Crippen LogP contribution in [0.15, 0.2) is 12.4 Å². The van der Waals surface area contributed by atoms with Gasteiger partial charge < -0.3 is 20.4 Å². The zero-order valence-corrected chi connectivity index (χ0v) is 18.3. The molecule has 0 bridgehead atoms. The Bertz CT molecular complexity index is 893. The third-order valence-corrected chi connectivity index (χ3v) is 6.09. The average Bonchev–Trinajstić information content (AvgIpc) is 3.09. The molecule has 4 rings (SSSR count). The second-order valence-corrected chi connectivity index (χ2v) is 8.48. The van der Waals surface area contributed by atoms with Gasteiger partial charge in [-0.3, -0.25) is 9.48 Å². The Morgan fingerprint density at radius 1 is 1.27 bits per heavy atom. The molecule has 0 radical (unpaired) electrons. The lowest BCUT2D eigenvalue weighted by Gasteiger charge is -2.30. The Morgan fingerprint density at radius 2 is 2.07 bits per heavy atom. The van der Waals surface area contributed by atoms with Crippen LogP contribution < -0.4 is 10.6 Å². The summed E-state index contributed by atoms with van der Waals surface area (Å²) in [5.74, 6) is 1.30. The number of nitrogens with zero attached hydrogens (tertiary/aromatic N) is 6. The molecule has 30 heavy (non-hydrogen) atoms. The molecule has 2 aromatic heterocycles. The lowest BCUT2D eigenvalue weighted by atomic mass is 10.1. The molecule has 2 aliphatic heterocycles. The van der Waals surface area contributed by atoms with E-state index in [-0.39, 0.29) is 5.91 Å². The zero-order chi connectivity index (χ0) is 21.1. The molecular formula is C20H29ClN8O. The molecule has 2 saturated heterocycles. The Balaban J connectivity index is 1.35. The largest absolute Gasteiger partial charge is 0.369 e. The molecule has 0 unspecified atom stereocenters. The minimum Gasteiger partial charge on any atom is -0.369 e. The van der Waals surface area contributed by atoms with Crippen LogP contribution >= 0.6 is 11.6 Å². The first-order chi connectivity index (χ1) is 14.5. The molecule has 162 valence electrons. The summed E-state index contributed by atoms with van der Waals surface area (Å²) in [6, 6.07) is 0.428. The van der Waals surface area contributed by atoms with E-state index in [1.165, 1.54) is 0 Å². The summed E-state index contributed by atoms with van der Waals surface area (Å²) in [6.45, 7) is 6.48. The van der Waals surface area contributed by atoms with Gasteiger partial charge in [-0.05, 0) is 46.3 Å². The first-order valence-corrected chi connectivity index (χ1v) is 10.9. The number of halogens is 1. The predicted octanol–water partition coefficient (Wildman–Crippen LogP) is 2.68. The smallest absolute Gasteiger partial charge is 0.229 e. The molecule has 1 amide bonds. The summed E-state index contributed by atoms with van der Waals surface area (Å²) < 4.78 is 2.07. The highest BCUT2D eigenvalue weighted by Crippen LogP contribution is 2.26. The zero-order valence-electron chi connectivity index (χ0n) is 17.6. The molecule has 0 aliphatic carbocycles. The van der Waals surface area contributed by atoms with Gasteiger partial charge in [-0.1, -0.05) is 11.6 Å². The number of carbonyl (C=O) groups is 1. The second-order valence-electron chi connectivity index (χ2n) is 8.07. The van der Waals surface area contributed by atoms with E-state index in [0.717, 1.165) is 56.8 Å². The van der Waals surface area contributed by atoms with Crippen LogP contribution in [-0.4, -0.2) is 75.2 Å². The van der Waals surface area contributed by atoms with E-state index in [1.54, 1.807) is 6.20 Å². The SMILES string of the molecule is Cc1nn(C2CCN(C)CC2)cc1Nc1ncc(Cl)c(NCCCN2CCC2=O)n1. The summed E-state index contributed by atoms with van der Waals surface area (Å²) in [7, 11) is 2.16. The molecule has 0 aromatic carbocycles. The molecule has 4 heterocycles. The maximum absolute atomic E-state index is 11.4. The molecule has 9 nitrogen and oxygen atoms in total. The van der Waals surface area contributed by atoms with Crippen LogP contribution in [0.1, 0.15) is 37.4 Å². The number of aromatic nitrogens is 4. The van der Waals surface area contributed by atoms with E-state index in [9.17, 15) is 4.79 Å². The molecule has 0 spiro atoms. The third kappa shape index (κ3) is 4.84.